The number of aliphatic carboxylic acids is 1. The molecular formula is C21H24NO4-. The molecule has 0 spiro atoms. The second-order valence-electron chi connectivity index (χ2n) is 7.20. The van der Waals surface area contributed by atoms with E-state index in [9.17, 15) is 14.7 Å². The molecule has 0 unspecified atom stereocenters. The molecule has 0 fully saturated rings. The van der Waals surface area contributed by atoms with E-state index >= 15 is 0 Å². The molecule has 0 bridgehead atoms. The molecule has 0 aromatic heterocycles. The molecule has 0 radical (unpaired) electrons. The molecule has 1 N–H and O–H groups in total. The molecule has 138 valence electrons. The Labute approximate surface area is 154 Å². The Morgan fingerprint density at radius 1 is 1.04 bits per heavy atom. The Bertz CT molecular complexity index is 758. The van der Waals surface area contributed by atoms with Crippen LogP contribution in [-0.4, -0.2) is 19.0 Å². The number of methoxy groups -OCH3 is 1. The van der Waals surface area contributed by atoms with Crippen LogP contribution in [0.25, 0.3) is 0 Å². The summed E-state index contributed by atoms with van der Waals surface area (Å²) in [5, 5.41) is 13.9. The Morgan fingerprint density at radius 2 is 1.62 bits per heavy atom. The van der Waals surface area contributed by atoms with Crippen molar-refractivity contribution in [3.63, 3.8) is 0 Å². The van der Waals surface area contributed by atoms with Crippen LogP contribution >= 0.6 is 0 Å². The molecule has 2 rings (SSSR count). The monoisotopic (exact) mass is 354 g/mol. The Hall–Kier alpha value is -2.82. The van der Waals surface area contributed by atoms with E-state index in [4.69, 9.17) is 4.74 Å². The zero-order valence-corrected chi connectivity index (χ0v) is 15.5. The van der Waals surface area contributed by atoms with Gasteiger partial charge in [0.2, 0.25) is 0 Å². The number of benzene rings is 2. The van der Waals surface area contributed by atoms with Crippen LogP contribution < -0.4 is 15.2 Å². The Morgan fingerprint density at radius 3 is 2.08 bits per heavy atom. The van der Waals surface area contributed by atoms with Gasteiger partial charge in [0.25, 0.3) is 5.91 Å². The van der Waals surface area contributed by atoms with E-state index in [1.54, 1.807) is 43.5 Å². The van der Waals surface area contributed by atoms with E-state index in [1.807, 2.05) is 12.1 Å². The molecule has 5 heteroatoms. The quantitative estimate of drug-likeness (QED) is 0.865. The van der Waals surface area contributed by atoms with E-state index < -0.39 is 12.0 Å². The largest absolute Gasteiger partial charge is 0.550 e. The second kappa shape index (κ2) is 8.04. The van der Waals surface area contributed by atoms with Crippen LogP contribution in [0.3, 0.4) is 0 Å². The highest BCUT2D eigenvalue weighted by Crippen LogP contribution is 2.23. The van der Waals surface area contributed by atoms with E-state index in [2.05, 4.69) is 26.1 Å². The van der Waals surface area contributed by atoms with Crippen LogP contribution in [0.15, 0.2) is 48.5 Å². The number of nitrogens with one attached hydrogen (secondary N) is 1. The molecule has 0 saturated heterocycles. The summed E-state index contributed by atoms with van der Waals surface area (Å²) in [5.41, 5.74) is 2.27. The van der Waals surface area contributed by atoms with Crippen LogP contribution in [-0.2, 0) is 10.2 Å². The minimum Gasteiger partial charge on any atom is -0.550 e. The van der Waals surface area contributed by atoms with Gasteiger partial charge in [0.15, 0.2) is 0 Å². The minimum atomic E-state index is -1.23. The van der Waals surface area contributed by atoms with Gasteiger partial charge in [-0.2, -0.15) is 0 Å². The molecule has 1 atom stereocenters. The predicted molar refractivity (Wildman–Crippen MR) is 98.0 cm³/mol. The average Bonchev–Trinajstić information content (AvgIpc) is 2.60. The van der Waals surface area contributed by atoms with Gasteiger partial charge < -0.3 is 20.0 Å². The van der Waals surface area contributed by atoms with Gasteiger partial charge in [0.1, 0.15) is 5.75 Å². The fraction of sp³-hybridized carbons (Fsp3) is 0.333. The van der Waals surface area contributed by atoms with Gasteiger partial charge in [0.05, 0.1) is 13.2 Å². The number of hydrogen-bond donors (Lipinski definition) is 1. The fourth-order valence-electron chi connectivity index (χ4n) is 2.62. The summed E-state index contributed by atoms with van der Waals surface area (Å²) in [7, 11) is 1.55. The SMILES string of the molecule is COc1ccc([C@H](CC(=O)[O-])NC(=O)c2ccc(C(C)(C)C)cc2)cc1. The summed E-state index contributed by atoms with van der Waals surface area (Å²) < 4.78 is 5.10. The molecule has 2 aromatic rings. The average molecular weight is 354 g/mol. The second-order valence-corrected chi connectivity index (χ2v) is 7.20. The van der Waals surface area contributed by atoms with Crippen LogP contribution in [0, 0.1) is 0 Å². The normalized spacial score (nSPS) is 12.3. The zero-order chi connectivity index (χ0) is 19.3. The van der Waals surface area contributed by atoms with Gasteiger partial charge in [-0.25, -0.2) is 0 Å². The summed E-state index contributed by atoms with van der Waals surface area (Å²) in [4.78, 5) is 23.6. The molecule has 0 saturated carbocycles. The van der Waals surface area contributed by atoms with Crippen LogP contribution in [0.5, 0.6) is 5.75 Å². The van der Waals surface area contributed by atoms with E-state index in [0.717, 1.165) is 5.56 Å². The van der Waals surface area contributed by atoms with Gasteiger partial charge in [-0.1, -0.05) is 45.0 Å². The minimum absolute atomic E-state index is 0.00435. The summed E-state index contributed by atoms with van der Waals surface area (Å²) in [6, 6.07) is 13.6. The van der Waals surface area contributed by atoms with Crippen molar-refractivity contribution < 1.29 is 19.4 Å². The summed E-state index contributed by atoms with van der Waals surface area (Å²) in [6.07, 6.45) is -0.307. The van der Waals surface area contributed by atoms with Gasteiger partial charge >= 0.3 is 0 Å². The number of carboxylic acid groups (broad SMARTS) is 1. The molecule has 5 nitrogen and oxygen atoms in total. The lowest BCUT2D eigenvalue weighted by atomic mass is 9.86. The maximum Gasteiger partial charge on any atom is 0.251 e. The maximum atomic E-state index is 12.5. The smallest absolute Gasteiger partial charge is 0.251 e. The number of carboxylic acids is 1. The number of ether oxygens (including phenoxy) is 1. The van der Waals surface area contributed by atoms with Crippen molar-refractivity contribution in [2.24, 2.45) is 0 Å². The topological polar surface area (TPSA) is 78.5 Å². The van der Waals surface area contributed by atoms with Crippen LogP contribution in [0.2, 0.25) is 0 Å². The summed E-state index contributed by atoms with van der Waals surface area (Å²) >= 11 is 0. The van der Waals surface area contributed by atoms with E-state index in [1.165, 1.54) is 0 Å². The Balaban J connectivity index is 2.18. The van der Waals surface area contributed by atoms with Crippen LogP contribution in [0.1, 0.15) is 54.7 Å². The van der Waals surface area contributed by atoms with Gasteiger partial charge in [-0.3, -0.25) is 4.79 Å². The third-order valence-electron chi connectivity index (χ3n) is 4.21. The maximum absolute atomic E-state index is 12.5. The van der Waals surface area contributed by atoms with Crippen molar-refractivity contribution in [1.29, 1.82) is 0 Å². The standard InChI is InChI=1S/C21H25NO4/c1-21(2,3)16-9-5-15(6-10-16)20(25)22-18(13-19(23)24)14-7-11-17(26-4)12-8-14/h5-12,18H,13H2,1-4H3,(H,22,25)(H,23,24)/p-1/t18-/m0/s1. The van der Waals surface area contributed by atoms with Gasteiger partial charge in [-0.15, -0.1) is 0 Å². The van der Waals surface area contributed by atoms with E-state index in [0.29, 0.717) is 16.9 Å². The molecular weight excluding hydrogens is 330 g/mol. The first-order valence-corrected chi connectivity index (χ1v) is 8.46. The van der Waals surface area contributed by atoms with Crippen molar-refractivity contribution in [2.75, 3.05) is 7.11 Å². The first-order valence-electron chi connectivity index (χ1n) is 8.46. The highest BCUT2D eigenvalue weighted by Gasteiger charge is 2.18. The van der Waals surface area contributed by atoms with Crippen molar-refractivity contribution >= 4 is 11.9 Å². The molecule has 26 heavy (non-hydrogen) atoms. The lowest BCUT2D eigenvalue weighted by Gasteiger charge is -2.21. The van der Waals surface area contributed by atoms with Crippen molar-refractivity contribution in [1.82, 2.24) is 5.32 Å². The molecule has 0 aliphatic carbocycles. The molecule has 0 heterocycles. The van der Waals surface area contributed by atoms with Gasteiger partial charge in [0, 0.05) is 18.0 Å². The number of amides is 1. The molecule has 1 amide bonds. The predicted octanol–water partition coefficient (Wildman–Crippen LogP) is 2.60. The van der Waals surface area contributed by atoms with E-state index in [-0.39, 0.29) is 17.7 Å². The third kappa shape index (κ3) is 5.09. The first kappa shape index (κ1) is 19.5. The van der Waals surface area contributed by atoms with Crippen molar-refractivity contribution in [2.45, 2.75) is 38.6 Å². The highest BCUT2D eigenvalue weighted by molar-refractivity contribution is 5.94. The number of carbonyl (C=O) groups excluding carboxylic acids is 2. The van der Waals surface area contributed by atoms with Crippen molar-refractivity contribution in [3.8, 4) is 5.75 Å². The van der Waals surface area contributed by atoms with Gasteiger partial charge in [-0.05, 0) is 40.8 Å². The zero-order valence-electron chi connectivity index (χ0n) is 15.5. The molecule has 0 aliphatic heterocycles. The summed E-state index contributed by atoms with van der Waals surface area (Å²) in [5.74, 6) is -0.897. The number of rotatable bonds is 6. The summed E-state index contributed by atoms with van der Waals surface area (Å²) in [6.45, 7) is 6.30. The van der Waals surface area contributed by atoms with Crippen LogP contribution in [0.4, 0.5) is 0 Å². The van der Waals surface area contributed by atoms with Crippen molar-refractivity contribution in [3.05, 3.63) is 65.2 Å². The molecule has 0 aliphatic rings. The fourth-order valence-corrected chi connectivity index (χ4v) is 2.62. The lowest BCUT2D eigenvalue weighted by molar-refractivity contribution is -0.306. The number of hydrogen-bond acceptors (Lipinski definition) is 4. The molecule has 2 aromatic carbocycles. The first-order chi connectivity index (χ1) is 12.2. The number of carbonyl (C=O) groups is 2. The Kier molecular flexibility index (Phi) is 6.03. The third-order valence-corrected chi connectivity index (χ3v) is 4.21. The lowest BCUT2D eigenvalue weighted by Crippen LogP contribution is -2.34. The highest BCUT2D eigenvalue weighted by atomic mass is 16.5.